The Balaban J connectivity index is 3.02. The molecule has 1 aromatic rings. The van der Waals surface area contributed by atoms with Crippen molar-refractivity contribution in [3.63, 3.8) is 0 Å². The zero-order chi connectivity index (χ0) is 41.8. The molecule has 0 aliphatic rings. The van der Waals surface area contributed by atoms with E-state index < -0.39 is 17.9 Å². The van der Waals surface area contributed by atoms with Gasteiger partial charge in [0.05, 0.1) is 16.7 Å². The van der Waals surface area contributed by atoms with Crippen molar-refractivity contribution < 1.29 is 29.7 Å². The average molecular weight is 799 g/mol. The lowest BCUT2D eigenvalue weighted by Crippen LogP contribution is -2.22. The van der Waals surface area contributed by atoms with Gasteiger partial charge in [-0.2, -0.15) is 0 Å². The quantitative estimate of drug-likeness (QED) is 0.0568. The van der Waals surface area contributed by atoms with E-state index in [9.17, 15) is 29.7 Å². The van der Waals surface area contributed by atoms with Crippen LogP contribution in [0.5, 0.6) is 0 Å². The second-order valence-corrected chi connectivity index (χ2v) is 17.4. The maximum atomic E-state index is 13.0. The van der Waals surface area contributed by atoms with E-state index in [1.807, 2.05) is 0 Å². The van der Waals surface area contributed by atoms with Crippen LogP contribution in [0.3, 0.4) is 0 Å². The summed E-state index contributed by atoms with van der Waals surface area (Å²) in [6.07, 6.45) is 43.4. The predicted octanol–water partition coefficient (Wildman–Crippen LogP) is 16.5. The summed E-state index contributed by atoms with van der Waals surface area (Å²) < 4.78 is 0. The van der Waals surface area contributed by atoms with Crippen LogP contribution >= 0.6 is 0 Å². The second-order valence-electron chi connectivity index (χ2n) is 17.4. The molecule has 0 fully saturated rings. The molecule has 0 radical (unpaired) electrons. The van der Waals surface area contributed by atoms with Gasteiger partial charge < -0.3 is 15.3 Å². The number of aromatic carboxylic acids is 3. The molecule has 0 saturated carbocycles. The first-order valence-corrected chi connectivity index (χ1v) is 24.7. The fourth-order valence-electron chi connectivity index (χ4n) is 8.87. The topological polar surface area (TPSA) is 112 Å². The molecule has 3 N–H and O–H groups in total. The lowest BCUT2D eigenvalue weighted by molar-refractivity contribution is 0.0693. The number of rotatable bonds is 42. The third-order valence-electron chi connectivity index (χ3n) is 12.3. The van der Waals surface area contributed by atoms with Gasteiger partial charge >= 0.3 is 17.9 Å². The van der Waals surface area contributed by atoms with Gasteiger partial charge in [-0.25, -0.2) is 14.4 Å². The van der Waals surface area contributed by atoms with Crippen molar-refractivity contribution in [1.29, 1.82) is 0 Å². The van der Waals surface area contributed by atoms with Crippen molar-refractivity contribution >= 4 is 17.9 Å². The molecule has 6 heteroatoms. The summed E-state index contributed by atoms with van der Waals surface area (Å²) in [5, 5.41) is 31.9. The molecule has 1 rings (SSSR count). The predicted molar refractivity (Wildman–Crippen MR) is 242 cm³/mol. The van der Waals surface area contributed by atoms with E-state index in [4.69, 9.17) is 0 Å². The fourth-order valence-corrected chi connectivity index (χ4v) is 8.87. The van der Waals surface area contributed by atoms with Crippen LogP contribution in [-0.2, 0) is 19.3 Å². The number of unbranched alkanes of at least 4 members (excludes halogenated alkanes) is 33. The summed E-state index contributed by atoms with van der Waals surface area (Å²) in [4.78, 5) is 39.1. The number of carboxylic acids is 3. The zero-order valence-corrected chi connectivity index (χ0v) is 37.6. The minimum Gasteiger partial charge on any atom is -0.478 e. The molecule has 0 aromatic heterocycles. The lowest BCUT2D eigenvalue weighted by Gasteiger charge is -2.22. The molecule has 330 valence electrons. The Hall–Kier alpha value is -2.37. The van der Waals surface area contributed by atoms with Crippen LogP contribution in [0.15, 0.2) is 0 Å². The highest BCUT2D eigenvalue weighted by Gasteiger charge is 2.32. The number of benzene rings is 1. The molecule has 6 nitrogen and oxygen atoms in total. The summed E-state index contributed by atoms with van der Waals surface area (Å²) in [6.45, 7) is 6.73. The maximum absolute atomic E-state index is 13.0. The molecular formula is C51H90O6. The Morgan fingerprint density at radius 3 is 0.544 bits per heavy atom. The highest BCUT2D eigenvalue weighted by Crippen LogP contribution is 2.34. The van der Waals surface area contributed by atoms with Crippen LogP contribution in [0.1, 0.15) is 300 Å². The van der Waals surface area contributed by atoms with Crippen molar-refractivity contribution in [2.45, 2.75) is 271 Å². The van der Waals surface area contributed by atoms with Crippen LogP contribution in [0.4, 0.5) is 0 Å². The summed E-state index contributed by atoms with van der Waals surface area (Å²) in [7, 11) is 0. The minimum atomic E-state index is -1.19. The van der Waals surface area contributed by atoms with Gasteiger partial charge in [-0.3, -0.25) is 0 Å². The normalized spacial score (nSPS) is 11.4. The zero-order valence-electron chi connectivity index (χ0n) is 37.6. The molecule has 0 atom stereocenters. The molecule has 0 unspecified atom stereocenters. The van der Waals surface area contributed by atoms with Gasteiger partial charge in [-0.05, 0) is 55.2 Å². The Bertz CT molecular complexity index is 1010. The van der Waals surface area contributed by atoms with Crippen molar-refractivity contribution in [2.24, 2.45) is 0 Å². The number of hydrogen-bond acceptors (Lipinski definition) is 3. The summed E-state index contributed by atoms with van der Waals surface area (Å²) in [5.74, 6) is -3.58. The Morgan fingerprint density at radius 1 is 0.263 bits per heavy atom. The van der Waals surface area contributed by atoms with Gasteiger partial charge in [0.15, 0.2) is 0 Å². The van der Waals surface area contributed by atoms with Gasteiger partial charge in [0.25, 0.3) is 0 Å². The molecular weight excluding hydrogens is 709 g/mol. The van der Waals surface area contributed by atoms with Crippen LogP contribution in [0, 0.1) is 0 Å². The molecule has 0 spiro atoms. The smallest absolute Gasteiger partial charge is 0.336 e. The third kappa shape index (κ3) is 25.0. The van der Waals surface area contributed by atoms with Crippen LogP contribution in [0.2, 0.25) is 0 Å². The average Bonchev–Trinajstić information content (AvgIpc) is 3.18. The lowest BCUT2D eigenvalue weighted by atomic mass is 9.81. The van der Waals surface area contributed by atoms with E-state index >= 15 is 0 Å². The standard InChI is InChI=1S/C51H90O6/c1-4-7-10-13-16-19-22-25-28-31-34-37-40-43-46(49(52)53)44(41-38-35-32-29-26-23-20-17-14-11-8-5-2)48(51(56)57)45(47(43)50(54)55)42-39-36-33-30-27-24-21-18-15-12-9-6-3/h4-42H2,1-3H3,(H,52,53)(H,54,55)(H,56,57). The van der Waals surface area contributed by atoms with Crippen molar-refractivity contribution in [3.05, 3.63) is 33.4 Å². The van der Waals surface area contributed by atoms with Crippen LogP contribution in [0.25, 0.3) is 0 Å². The SMILES string of the molecule is CCCCCCCCCCCCCCc1c(C(=O)O)c(CCCCCCCCCCCCCC)c(C(=O)O)c(CCCCCCCCCCCCCC)c1C(=O)O. The fraction of sp³-hybridized carbons (Fsp3) is 0.824. The maximum Gasteiger partial charge on any atom is 0.336 e. The molecule has 0 bridgehead atoms. The van der Waals surface area contributed by atoms with Gasteiger partial charge in [0.1, 0.15) is 0 Å². The van der Waals surface area contributed by atoms with Gasteiger partial charge in [-0.1, -0.05) is 233 Å². The first kappa shape index (κ1) is 52.6. The monoisotopic (exact) mass is 799 g/mol. The minimum absolute atomic E-state index is 0.0469. The molecule has 0 heterocycles. The molecule has 0 aliphatic heterocycles. The van der Waals surface area contributed by atoms with Gasteiger partial charge in [0.2, 0.25) is 0 Å². The van der Waals surface area contributed by atoms with E-state index in [-0.39, 0.29) is 16.7 Å². The first-order valence-electron chi connectivity index (χ1n) is 24.7. The van der Waals surface area contributed by atoms with E-state index in [2.05, 4.69) is 20.8 Å². The summed E-state index contributed by atoms with van der Waals surface area (Å²) in [5.41, 5.74) is 0.929. The van der Waals surface area contributed by atoms with Crippen molar-refractivity contribution in [2.75, 3.05) is 0 Å². The number of hydrogen-bond donors (Lipinski definition) is 3. The largest absolute Gasteiger partial charge is 0.478 e. The van der Waals surface area contributed by atoms with Crippen molar-refractivity contribution in [3.8, 4) is 0 Å². The number of carboxylic acid groups (broad SMARTS) is 3. The van der Waals surface area contributed by atoms with Crippen LogP contribution < -0.4 is 0 Å². The van der Waals surface area contributed by atoms with Crippen molar-refractivity contribution in [1.82, 2.24) is 0 Å². The number of carbonyl (C=O) groups is 3. The van der Waals surface area contributed by atoms with E-state index in [0.717, 1.165) is 57.8 Å². The molecule has 1 aromatic carbocycles. The summed E-state index contributed by atoms with van der Waals surface area (Å²) >= 11 is 0. The Labute approximate surface area is 351 Å². The van der Waals surface area contributed by atoms with Gasteiger partial charge in [-0.15, -0.1) is 0 Å². The first-order chi connectivity index (χ1) is 27.8. The molecule has 0 aliphatic carbocycles. The Kier molecular flexibility index (Phi) is 33.9. The second kappa shape index (κ2) is 36.7. The van der Waals surface area contributed by atoms with Gasteiger partial charge in [0, 0.05) is 0 Å². The third-order valence-corrected chi connectivity index (χ3v) is 12.3. The molecule has 0 amide bonds. The highest BCUT2D eigenvalue weighted by atomic mass is 16.4. The molecule has 0 saturated heterocycles. The van der Waals surface area contributed by atoms with E-state index in [0.29, 0.717) is 55.2 Å². The van der Waals surface area contributed by atoms with Crippen LogP contribution in [-0.4, -0.2) is 33.2 Å². The summed E-state index contributed by atoms with van der Waals surface area (Å²) in [6, 6.07) is 0. The van der Waals surface area contributed by atoms with E-state index in [1.165, 1.54) is 154 Å². The van der Waals surface area contributed by atoms with E-state index in [1.54, 1.807) is 0 Å². The highest BCUT2D eigenvalue weighted by molar-refractivity contribution is 6.05. The Morgan fingerprint density at radius 2 is 0.404 bits per heavy atom. The molecule has 57 heavy (non-hydrogen) atoms.